The summed E-state index contributed by atoms with van der Waals surface area (Å²) >= 11 is 0. The van der Waals surface area contributed by atoms with Gasteiger partial charge in [0.05, 0.1) is 12.5 Å². The number of aromatic amines is 1. The van der Waals surface area contributed by atoms with Crippen molar-refractivity contribution in [2.75, 3.05) is 26.2 Å². The number of nitrogens with two attached hydrogens (primary N) is 8. The Morgan fingerprint density at radius 2 is 0.911 bits per heavy atom. The van der Waals surface area contributed by atoms with Crippen LogP contribution < -0.4 is 88.4 Å². The number of primary amides is 1. The van der Waals surface area contributed by atoms with Crippen molar-refractivity contribution in [2.24, 2.45) is 67.7 Å². The maximum absolute atomic E-state index is 14.9. The van der Waals surface area contributed by atoms with Crippen LogP contribution in [0.3, 0.4) is 0 Å². The maximum Gasteiger partial charge on any atom is 0.326 e. The Labute approximate surface area is 523 Å². The van der Waals surface area contributed by atoms with Crippen molar-refractivity contribution in [1.29, 1.82) is 0 Å². The lowest BCUT2D eigenvalue weighted by atomic mass is 9.99. The molecule has 27 N–H and O–H groups in total. The van der Waals surface area contributed by atoms with Gasteiger partial charge in [0.15, 0.2) is 11.9 Å². The molecule has 0 bridgehead atoms. The molecule has 0 saturated carbocycles. The van der Waals surface area contributed by atoms with Crippen molar-refractivity contribution in [3.63, 3.8) is 0 Å². The monoisotopic (exact) mass is 1260 g/mol. The first-order valence-corrected chi connectivity index (χ1v) is 30.2. The molecule has 0 aliphatic carbocycles. The number of carboxylic acids is 1. The number of rotatable bonds is 42. The van der Waals surface area contributed by atoms with Gasteiger partial charge < -0.3 is 104 Å². The molecule has 90 heavy (non-hydrogen) atoms. The van der Waals surface area contributed by atoms with E-state index in [4.69, 9.17) is 45.9 Å². The van der Waals surface area contributed by atoms with E-state index in [0.29, 0.717) is 47.7 Å². The number of nitrogens with zero attached hydrogens (tertiary/aromatic N) is 2. The number of benzene rings is 2. The highest BCUT2D eigenvalue weighted by Crippen LogP contribution is 2.21. The second-order valence-electron chi connectivity index (χ2n) is 22.8. The normalized spacial score (nSPS) is 14.2. The molecule has 31 heteroatoms. The highest BCUT2D eigenvalue weighted by Gasteiger charge is 2.36. The third-order valence-electron chi connectivity index (χ3n) is 14.4. The van der Waals surface area contributed by atoms with Gasteiger partial charge in [-0.2, -0.15) is 0 Å². The number of carbonyl (C=O) groups excluding carboxylic acids is 9. The summed E-state index contributed by atoms with van der Waals surface area (Å²) in [5.41, 5.74) is 47.0. The topological polar surface area (TPSA) is 556 Å². The summed E-state index contributed by atoms with van der Waals surface area (Å²) in [6.07, 6.45) is 2.19. The van der Waals surface area contributed by atoms with Gasteiger partial charge in [-0.15, -0.1) is 0 Å². The molecule has 3 aromatic rings. The first-order valence-electron chi connectivity index (χ1n) is 30.2. The van der Waals surface area contributed by atoms with Crippen molar-refractivity contribution in [3.8, 4) is 5.75 Å². The van der Waals surface area contributed by atoms with Crippen LogP contribution in [0.15, 0.2) is 64.7 Å². The number of aromatic hydroxyl groups is 1. The Bertz CT molecular complexity index is 2910. The van der Waals surface area contributed by atoms with E-state index in [9.17, 15) is 58.2 Å². The summed E-state index contributed by atoms with van der Waals surface area (Å²) in [6.45, 7) is 7.54. The van der Waals surface area contributed by atoms with Crippen molar-refractivity contribution >= 4 is 82.0 Å². The minimum Gasteiger partial charge on any atom is -0.508 e. The molecule has 2 aromatic carbocycles. The number of amides is 9. The first kappa shape index (κ1) is 75.2. The maximum atomic E-state index is 14.9. The fraction of sp³-hybridized carbons (Fsp3) is 0.559. The van der Waals surface area contributed by atoms with Crippen molar-refractivity contribution in [1.82, 2.24) is 47.5 Å². The number of carbonyl (C=O) groups is 10. The van der Waals surface area contributed by atoms with Crippen LogP contribution in [0.1, 0.15) is 116 Å². The van der Waals surface area contributed by atoms with Gasteiger partial charge in [0.2, 0.25) is 53.2 Å². The van der Waals surface area contributed by atoms with Crippen LogP contribution in [-0.2, 0) is 60.8 Å². The molecule has 9 atom stereocenters. The number of aliphatic carboxylic acids is 1. The average molecular weight is 1260 g/mol. The number of carboxylic acid groups (broad SMARTS) is 1. The summed E-state index contributed by atoms with van der Waals surface area (Å²) in [7, 11) is 0. The molecule has 1 aromatic heterocycles. The smallest absolute Gasteiger partial charge is 0.326 e. The van der Waals surface area contributed by atoms with Gasteiger partial charge >= 0.3 is 5.97 Å². The average Bonchev–Trinajstić information content (AvgIpc) is 2.94. The van der Waals surface area contributed by atoms with E-state index in [0.717, 1.165) is 0 Å². The predicted molar refractivity (Wildman–Crippen MR) is 339 cm³/mol. The van der Waals surface area contributed by atoms with Crippen LogP contribution in [-0.4, -0.2) is 167 Å². The van der Waals surface area contributed by atoms with E-state index in [1.54, 1.807) is 58.2 Å². The number of H-pyrrole nitrogens is 1. The summed E-state index contributed by atoms with van der Waals surface area (Å²) in [4.78, 5) is 150. The molecule has 3 rings (SSSR count). The molecular weight excluding hydrogens is 1170 g/mol. The van der Waals surface area contributed by atoms with Gasteiger partial charge in [-0.3, -0.25) is 53.1 Å². The number of phenols is 1. The van der Waals surface area contributed by atoms with E-state index in [1.807, 2.05) is 0 Å². The molecular formula is C59H95N19O12. The van der Waals surface area contributed by atoms with Crippen molar-refractivity contribution < 1.29 is 58.2 Å². The lowest BCUT2D eigenvalue weighted by Gasteiger charge is -2.29. The number of aromatic nitrogens is 1. The SMILES string of the molecule is CC(C)C[C@H](NC(=O)[C@H](Cc1c[nH]c2ccccc12)NC(=O)[C@H](CC(N)=O)NC(=O)[C@H](Cc1ccc(O)cc1)NC(=O)[C@@H](N)C(C)C)C(=O)N[C@@H](CCCN=C(N)N)C(=O)N[C@@H](CCCCN)C(=O)N[C@@H](CCCCN)C(=O)N[C@@H](CCCN=C(N)N)C(=O)O. The number of para-hydroxylation sites is 1. The second-order valence-corrected chi connectivity index (χ2v) is 22.8. The molecule has 31 nitrogen and oxygen atoms in total. The van der Waals surface area contributed by atoms with Crippen molar-refractivity contribution in [3.05, 3.63) is 65.9 Å². The van der Waals surface area contributed by atoms with Crippen LogP contribution in [0, 0.1) is 11.8 Å². The van der Waals surface area contributed by atoms with Crippen LogP contribution in [0.25, 0.3) is 10.9 Å². The number of hydrogen-bond acceptors (Lipinski definition) is 16. The second kappa shape index (κ2) is 39.0. The van der Waals surface area contributed by atoms with E-state index >= 15 is 0 Å². The Morgan fingerprint density at radius 3 is 1.39 bits per heavy atom. The highest BCUT2D eigenvalue weighted by molar-refractivity contribution is 5.99. The van der Waals surface area contributed by atoms with Gasteiger partial charge in [-0.05, 0) is 125 Å². The highest BCUT2D eigenvalue weighted by atomic mass is 16.4. The lowest BCUT2D eigenvalue weighted by molar-refractivity contribution is -0.142. The van der Waals surface area contributed by atoms with E-state index < -0.39 is 120 Å². The molecule has 1 heterocycles. The number of fused-ring (bicyclic) bond motifs is 1. The molecule has 0 spiro atoms. The first-order chi connectivity index (χ1) is 42.6. The molecule has 0 unspecified atom stereocenters. The Balaban J connectivity index is 2.03. The summed E-state index contributed by atoms with van der Waals surface area (Å²) in [6, 6.07) is 0.371. The van der Waals surface area contributed by atoms with Crippen LogP contribution in [0.2, 0.25) is 0 Å². The molecule has 0 aliphatic rings. The summed E-state index contributed by atoms with van der Waals surface area (Å²) in [5, 5.41) is 41.7. The number of guanidine groups is 2. The molecule has 498 valence electrons. The number of phenolic OH excluding ortho intramolecular Hbond substituents is 1. The fourth-order valence-corrected chi connectivity index (χ4v) is 9.45. The molecule has 0 radical (unpaired) electrons. The largest absolute Gasteiger partial charge is 0.508 e. The number of unbranched alkanes of at least 4 members (excludes halogenated alkanes) is 2. The van der Waals surface area contributed by atoms with Gasteiger partial charge in [0.25, 0.3) is 0 Å². The Morgan fingerprint density at radius 1 is 0.500 bits per heavy atom. The zero-order valence-corrected chi connectivity index (χ0v) is 51.8. The summed E-state index contributed by atoms with van der Waals surface area (Å²) in [5.74, 6) is -10.4. The van der Waals surface area contributed by atoms with Crippen LogP contribution in [0.5, 0.6) is 5.75 Å². The standard InChI is InChI=1S/C59H95N19O12/c1-32(2)27-43(52(84)73-41(17-11-25-68-58(64)65)50(82)71-39(15-7-9-23-60)49(81)72-40(16-8-10-24-61)51(83)74-42(57(89)90)18-12-26-69-59(66)67)75-54(86)45(29-35-31-70-38-14-6-5-13-37(35)38)76-55(87)46(30-47(62)80)77-53(85)44(78-56(88)48(63)33(3)4)28-34-19-21-36(79)22-20-34/h5-6,13-14,19-22,31-33,39-46,48,70,79H,7-12,15-18,23-30,60-61,63H2,1-4H3,(H2,62,80)(H,71,82)(H,72,81)(H,73,84)(H,74,83)(H,75,86)(H,76,87)(H,77,85)(H,78,88)(H,89,90)(H4,64,65,68)(H4,66,67,69)/t39-,40-,41-,42-,43-,44-,45-,46-,48-/m0/s1. The fourth-order valence-electron chi connectivity index (χ4n) is 9.45. The predicted octanol–water partition coefficient (Wildman–Crippen LogP) is -3.11. The zero-order valence-electron chi connectivity index (χ0n) is 51.8. The third-order valence-corrected chi connectivity index (χ3v) is 14.4. The molecule has 0 saturated heterocycles. The molecule has 0 aliphatic heterocycles. The molecule has 9 amide bonds. The molecule has 0 fully saturated rings. The Hall–Kier alpha value is -9.10. The van der Waals surface area contributed by atoms with Crippen LogP contribution in [0.4, 0.5) is 0 Å². The van der Waals surface area contributed by atoms with E-state index in [2.05, 4.69) is 57.5 Å². The van der Waals surface area contributed by atoms with Gasteiger partial charge in [-0.1, -0.05) is 58.0 Å². The minimum absolute atomic E-state index is 0.00615. The van der Waals surface area contributed by atoms with Crippen LogP contribution >= 0.6 is 0 Å². The minimum atomic E-state index is -1.73. The van der Waals surface area contributed by atoms with E-state index in [-0.39, 0.29) is 113 Å². The number of hydrogen-bond donors (Lipinski definition) is 19. The lowest BCUT2D eigenvalue weighted by Crippen LogP contribution is -2.61. The quantitative estimate of drug-likeness (QED) is 0.0152. The van der Waals surface area contributed by atoms with E-state index in [1.165, 1.54) is 24.3 Å². The van der Waals surface area contributed by atoms with Gasteiger partial charge in [0, 0.05) is 43.0 Å². The van der Waals surface area contributed by atoms with Gasteiger partial charge in [-0.25, -0.2) is 4.79 Å². The summed E-state index contributed by atoms with van der Waals surface area (Å²) < 4.78 is 0. The Kier molecular flexibility index (Phi) is 32.6. The van der Waals surface area contributed by atoms with Crippen molar-refractivity contribution in [2.45, 2.75) is 172 Å². The zero-order chi connectivity index (χ0) is 67.0. The number of nitrogens with one attached hydrogen (secondary N) is 9. The third kappa shape index (κ3) is 27.1. The number of aliphatic imine (C=N–C) groups is 2. The van der Waals surface area contributed by atoms with Gasteiger partial charge in [0.1, 0.15) is 54.1 Å².